The quantitative estimate of drug-likeness (QED) is 0.746. The number of fused-ring (bicyclic) bond motifs is 1. The van der Waals surface area contributed by atoms with Gasteiger partial charge in [-0.3, -0.25) is 0 Å². The number of nitrogens with one attached hydrogen (secondary N) is 2. The molecule has 5 nitrogen and oxygen atoms in total. The summed E-state index contributed by atoms with van der Waals surface area (Å²) in [6.07, 6.45) is 1.67. The minimum Gasteiger partial charge on any atom is -0.467 e. The Morgan fingerprint density at radius 1 is 1.14 bits per heavy atom. The first-order chi connectivity index (χ1) is 10.6. The predicted octanol–water partition coefficient (Wildman–Crippen LogP) is 3.96. The van der Waals surface area contributed by atoms with Gasteiger partial charge in [0, 0.05) is 11.4 Å². The fourth-order valence-electron chi connectivity index (χ4n) is 2.39. The Bertz CT molecular complexity index is 766. The maximum absolute atomic E-state index is 5.37. The summed E-state index contributed by atoms with van der Waals surface area (Å²) < 4.78 is 5.37. The number of furan rings is 1. The first-order valence-electron chi connectivity index (χ1n) is 7.43. The lowest BCUT2D eigenvalue weighted by atomic mass is 10.1. The zero-order valence-electron chi connectivity index (χ0n) is 13.1. The van der Waals surface area contributed by atoms with Crippen molar-refractivity contribution in [2.45, 2.75) is 33.4 Å². The van der Waals surface area contributed by atoms with Gasteiger partial charge < -0.3 is 15.1 Å². The summed E-state index contributed by atoms with van der Waals surface area (Å²) in [6, 6.07) is 10.2. The number of anilines is 2. The molecule has 0 aliphatic rings. The molecular weight excluding hydrogens is 276 g/mol. The van der Waals surface area contributed by atoms with Crippen LogP contribution >= 0.6 is 0 Å². The molecule has 0 saturated heterocycles. The Morgan fingerprint density at radius 3 is 2.73 bits per heavy atom. The van der Waals surface area contributed by atoms with Gasteiger partial charge in [-0.2, -0.15) is 4.98 Å². The minimum atomic E-state index is 0.278. The fraction of sp³-hybridized carbons (Fsp3) is 0.294. The highest BCUT2D eigenvalue weighted by Gasteiger charge is 2.11. The molecule has 2 N–H and O–H groups in total. The van der Waals surface area contributed by atoms with E-state index in [1.807, 2.05) is 24.3 Å². The Morgan fingerprint density at radius 2 is 2.00 bits per heavy atom. The van der Waals surface area contributed by atoms with Gasteiger partial charge in [0.1, 0.15) is 11.6 Å². The van der Waals surface area contributed by atoms with Crippen molar-refractivity contribution in [1.29, 1.82) is 0 Å². The normalized spacial score (nSPS) is 11.1. The predicted molar refractivity (Wildman–Crippen MR) is 89.1 cm³/mol. The van der Waals surface area contributed by atoms with Crippen LogP contribution in [0.1, 0.15) is 25.2 Å². The molecule has 114 valence electrons. The molecule has 0 aliphatic carbocycles. The van der Waals surface area contributed by atoms with E-state index in [2.05, 4.69) is 47.4 Å². The van der Waals surface area contributed by atoms with Gasteiger partial charge in [0.05, 0.1) is 18.3 Å². The lowest BCUT2D eigenvalue weighted by Gasteiger charge is -2.14. The van der Waals surface area contributed by atoms with Crippen LogP contribution in [-0.2, 0) is 6.54 Å². The molecule has 1 aromatic carbocycles. The van der Waals surface area contributed by atoms with Crippen molar-refractivity contribution in [2.75, 3.05) is 10.6 Å². The largest absolute Gasteiger partial charge is 0.467 e. The van der Waals surface area contributed by atoms with Crippen molar-refractivity contribution in [3.8, 4) is 0 Å². The highest BCUT2D eigenvalue weighted by Crippen LogP contribution is 2.26. The molecular formula is C17H20N4O. The Kier molecular flexibility index (Phi) is 3.96. The van der Waals surface area contributed by atoms with E-state index in [9.17, 15) is 0 Å². The molecule has 0 spiro atoms. The molecule has 0 amide bonds. The van der Waals surface area contributed by atoms with E-state index in [1.54, 1.807) is 6.26 Å². The first-order valence-corrected chi connectivity index (χ1v) is 7.43. The summed E-state index contributed by atoms with van der Waals surface area (Å²) in [6.45, 7) is 6.80. The molecule has 22 heavy (non-hydrogen) atoms. The number of hydrogen-bond acceptors (Lipinski definition) is 5. The topological polar surface area (TPSA) is 63.0 Å². The van der Waals surface area contributed by atoms with Crippen molar-refractivity contribution in [3.05, 3.63) is 47.9 Å². The van der Waals surface area contributed by atoms with Crippen LogP contribution in [-0.4, -0.2) is 16.0 Å². The lowest BCUT2D eigenvalue weighted by Crippen LogP contribution is -2.14. The summed E-state index contributed by atoms with van der Waals surface area (Å²) in [5.41, 5.74) is 2.08. The fourth-order valence-corrected chi connectivity index (χ4v) is 2.39. The molecule has 0 bridgehead atoms. The molecule has 0 radical (unpaired) electrons. The summed E-state index contributed by atoms with van der Waals surface area (Å²) >= 11 is 0. The number of rotatable bonds is 5. The van der Waals surface area contributed by atoms with Crippen molar-refractivity contribution in [3.63, 3.8) is 0 Å². The van der Waals surface area contributed by atoms with Crippen LogP contribution in [0.2, 0.25) is 0 Å². The van der Waals surface area contributed by atoms with E-state index in [4.69, 9.17) is 4.42 Å². The second-order valence-corrected chi connectivity index (χ2v) is 5.60. The summed E-state index contributed by atoms with van der Waals surface area (Å²) in [5, 5.41) is 7.67. The van der Waals surface area contributed by atoms with Crippen LogP contribution in [0.25, 0.3) is 10.9 Å². The maximum Gasteiger partial charge on any atom is 0.225 e. The van der Waals surface area contributed by atoms with Crippen LogP contribution in [0.5, 0.6) is 0 Å². The van der Waals surface area contributed by atoms with Crippen LogP contribution in [0.15, 0.2) is 41.0 Å². The highest BCUT2D eigenvalue weighted by molar-refractivity contribution is 5.92. The van der Waals surface area contributed by atoms with Gasteiger partial charge in [-0.1, -0.05) is 12.1 Å². The molecule has 5 heteroatoms. The molecule has 3 aromatic rings. The molecule has 2 heterocycles. The third-order valence-electron chi connectivity index (χ3n) is 3.36. The SMILES string of the molecule is Cc1cccc2nc(NC(C)C)nc(NCc3ccco3)c12. The van der Waals surface area contributed by atoms with E-state index in [1.165, 1.54) is 0 Å². The van der Waals surface area contributed by atoms with Crippen molar-refractivity contribution in [1.82, 2.24) is 9.97 Å². The zero-order valence-corrected chi connectivity index (χ0v) is 13.1. The minimum absolute atomic E-state index is 0.278. The van der Waals surface area contributed by atoms with Crippen molar-refractivity contribution >= 4 is 22.7 Å². The van der Waals surface area contributed by atoms with E-state index in [-0.39, 0.29) is 6.04 Å². The van der Waals surface area contributed by atoms with Crippen LogP contribution in [0.3, 0.4) is 0 Å². The van der Waals surface area contributed by atoms with E-state index >= 15 is 0 Å². The van der Waals surface area contributed by atoms with Crippen molar-refractivity contribution in [2.24, 2.45) is 0 Å². The van der Waals surface area contributed by atoms with Crippen LogP contribution < -0.4 is 10.6 Å². The Labute approximate surface area is 129 Å². The lowest BCUT2D eigenvalue weighted by molar-refractivity contribution is 0.518. The van der Waals surface area contributed by atoms with E-state index in [0.29, 0.717) is 12.5 Å². The summed E-state index contributed by atoms with van der Waals surface area (Å²) in [4.78, 5) is 9.22. The highest BCUT2D eigenvalue weighted by atomic mass is 16.3. The van der Waals surface area contributed by atoms with Gasteiger partial charge in [-0.15, -0.1) is 0 Å². The number of nitrogens with zero attached hydrogens (tertiary/aromatic N) is 2. The number of hydrogen-bond donors (Lipinski definition) is 2. The molecule has 3 rings (SSSR count). The molecule has 2 aromatic heterocycles. The van der Waals surface area contributed by atoms with Crippen LogP contribution in [0, 0.1) is 6.92 Å². The van der Waals surface area contributed by atoms with Gasteiger partial charge in [0.15, 0.2) is 0 Å². The average Bonchev–Trinajstić information content (AvgIpc) is 2.97. The molecule has 0 aliphatic heterocycles. The summed E-state index contributed by atoms with van der Waals surface area (Å²) in [5.74, 6) is 2.33. The van der Waals surface area contributed by atoms with Crippen molar-refractivity contribution < 1.29 is 4.42 Å². The number of benzene rings is 1. The second-order valence-electron chi connectivity index (χ2n) is 5.60. The van der Waals surface area contributed by atoms with E-state index in [0.717, 1.165) is 28.0 Å². The van der Waals surface area contributed by atoms with E-state index < -0.39 is 0 Å². The smallest absolute Gasteiger partial charge is 0.225 e. The molecule has 0 fully saturated rings. The van der Waals surface area contributed by atoms with Gasteiger partial charge >= 0.3 is 0 Å². The van der Waals surface area contributed by atoms with Crippen LogP contribution in [0.4, 0.5) is 11.8 Å². The molecule has 0 unspecified atom stereocenters. The standard InChI is InChI=1S/C17H20N4O/c1-11(2)19-17-20-14-8-4-6-12(3)15(14)16(21-17)18-10-13-7-5-9-22-13/h4-9,11H,10H2,1-3H3,(H2,18,19,20,21). The summed E-state index contributed by atoms with van der Waals surface area (Å²) in [7, 11) is 0. The third kappa shape index (κ3) is 3.03. The average molecular weight is 296 g/mol. The monoisotopic (exact) mass is 296 g/mol. The Balaban J connectivity index is 2.00. The van der Waals surface area contributed by atoms with Gasteiger partial charge in [-0.25, -0.2) is 4.98 Å². The van der Waals surface area contributed by atoms with Gasteiger partial charge in [0.25, 0.3) is 0 Å². The molecule has 0 saturated carbocycles. The number of aryl methyl sites for hydroxylation is 1. The van der Waals surface area contributed by atoms with Gasteiger partial charge in [-0.05, 0) is 44.5 Å². The van der Waals surface area contributed by atoms with Gasteiger partial charge in [0.2, 0.25) is 5.95 Å². The number of aromatic nitrogens is 2. The Hall–Kier alpha value is -2.56. The maximum atomic E-state index is 5.37. The first kappa shape index (κ1) is 14.4. The zero-order chi connectivity index (χ0) is 15.5. The third-order valence-corrected chi connectivity index (χ3v) is 3.36. The molecule has 0 atom stereocenters. The second kappa shape index (κ2) is 6.05.